The van der Waals surface area contributed by atoms with E-state index < -0.39 is 17.8 Å². The zero-order chi connectivity index (χ0) is 23.2. The second-order valence-corrected chi connectivity index (χ2v) is 7.51. The van der Waals surface area contributed by atoms with E-state index in [4.69, 9.17) is 5.11 Å². The van der Waals surface area contributed by atoms with Crippen LogP contribution in [0.4, 0.5) is 0 Å². The van der Waals surface area contributed by atoms with Crippen LogP contribution in [0.3, 0.4) is 0 Å². The molecule has 6 nitrogen and oxygen atoms in total. The molecule has 0 unspecified atom stereocenters. The fourth-order valence-corrected chi connectivity index (χ4v) is 3.67. The summed E-state index contributed by atoms with van der Waals surface area (Å²) in [4.78, 5) is 36.7. The Balaban J connectivity index is 1.81. The zero-order valence-electron chi connectivity index (χ0n) is 17.7. The number of carboxylic acid groups (broad SMARTS) is 1. The first-order valence-electron chi connectivity index (χ1n) is 10.5. The van der Waals surface area contributed by atoms with Crippen LogP contribution in [0.1, 0.15) is 22.3 Å². The van der Waals surface area contributed by atoms with Crippen molar-refractivity contribution in [2.24, 2.45) is 0 Å². The molecule has 0 saturated carbocycles. The van der Waals surface area contributed by atoms with E-state index in [1.807, 2.05) is 48.5 Å². The van der Waals surface area contributed by atoms with E-state index >= 15 is 0 Å². The molecule has 0 heterocycles. The predicted octanol–water partition coefficient (Wildman–Crippen LogP) is 4.35. The molecule has 0 spiro atoms. The monoisotopic (exact) mass is 438 g/mol. The highest BCUT2D eigenvalue weighted by Crippen LogP contribution is 2.30. The number of carbonyl (C=O) groups excluding carboxylic acids is 2. The van der Waals surface area contributed by atoms with Crippen molar-refractivity contribution in [2.45, 2.75) is 6.42 Å². The van der Waals surface area contributed by atoms with E-state index in [-0.39, 0.29) is 18.7 Å². The number of carbonyl (C=O) groups is 3. The SMILES string of the molecule is O=C(O)CCNC(=O)/C(=C/c1c2ccccc2cc2ccccc12)NC(=O)c1ccccc1. The van der Waals surface area contributed by atoms with E-state index in [1.165, 1.54) is 0 Å². The second kappa shape index (κ2) is 9.78. The van der Waals surface area contributed by atoms with Crippen LogP contribution in [0.25, 0.3) is 27.6 Å². The van der Waals surface area contributed by atoms with Crippen LogP contribution in [0.2, 0.25) is 0 Å². The van der Waals surface area contributed by atoms with Crippen molar-refractivity contribution in [3.63, 3.8) is 0 Å². The van der Waals surface area contributed by atoms with Gasteiger partial charge in [0.25, 0.3) is 11.8 Å². The highest BCUT2D eigenvalue weighted by molar-refractivity contribution is 6.11. The summed E-state index contributed by atoms with van der Waals surface area (Å²) in [6.45, 7) is -0.0526. The molecule has 0 aliphatic carbocycles. The molecule has 6 heteroatoms. The predicted molar refractivity (Wildman–Crippen MR) is 129 cm³/mol. The van der Waals surface area contributed by atoms with Gasteiger partial charge in [-0.1, -0.05) is 66.7 Å². The van der Waals surface area contributed by atoms with Crippen molar-refractivity contribution in [1.82, 2.24) is 10.6 Å². The number of aliphatic carboxylic acids is 1. The van der Waals surface area contributed by atoms with Crippen molar-refractivity contribution < 1.29 is 19.5 Å². The largest absolute Gasteiger partial charge is 0.481 e. The standard InChI is InChI=1S/C27H22N2O4/c30-25(31)14-15-28-27(33)24(29-26(32)18-8-2-1-3-9-18)17-23-21-12-6-4-10-19(21)16-20-11-5-7-13-22(20)23/h1-13,16-17H,14-15H2,(H,28,33)(H,29,32)(H,30,31)/b24-17-. The van der Waals surface area contributed by atoms with E-state index in [0.717, 1.165) is 27.1 Å². The summed E-state index contributed by atoms with van der Waals surface area (Å²) in [5.74, 6) is -2.01. The molecule has 2 amide bonds. The zero-order valence-corrected chi connectivity index (χ0v) is 17.7. The van der Waals surface area contributed by atoms with E-state index in [1.54, 1.807) is 36.4 Å². The summed E-state index contributed by atoms with van der Waals surface area (Å²) in [7, 11) is 0. The van der Waals surface area contributed by atoms with Gasteiger partial charge in [-0.3, -0.25) is 14.4 Å². The summed E-state index contributed by atoms with van der Waals surface area (Å²) < 4.78 is 0. The van der Waals surface area contributed by atoms with Crippen molar-refractivity contribution in [3.05, 3.63) is 102 Å². The molecule has 0 fully saturated rings. The number of hydrogen-bond donors (Lipinski definition) is 3. The fraction of sp³-hybridized carbons (Fsp3) is 0.0741. The number of amides is 2. The molecule has 0 saturated heterocycles. The van der Waals surface area contributed by atoms with Gasteiger partial charge in [-0.15, -0.1) is 0 Å². The summed E-state index contributed by atoms with van der Waals surface area (Å²) >= 11 is 0. The molecule has 0 atom stereocenters. The molecular formula is C27H22N2O4. The van der Waals surface area contributed by atoms with Crippen molar-refractivity contribution in [2.75, 3.05) is 6.54 Å². The first kappa shape index (κ1) is 21.8. The van der Waals surface area contributed by atoms with Gasteiger partial charge in [-0.25, -0.2) is 0 Å². The molecule has 33 heavy (non-hydrogen) atoms. The first-order chi connectivity index (χ1) is 16.0. The quantitative estimate of drug-likeness (QED) is 0.295. The molecule has 164 valence electrons. The molecule has 0 bridgehead atoms. The Morgan fingerprint density at radius 3 is 1.97 bits per heavy atom. The first-order valence-corrected chi connectivity index (χ1v) is 10.5. The van der Waals surface area contributed by atoms with Gasteiger partial charge in [0.2, 0.25) is 0 Å². The van der Waals surface area contributed by atoms with Crippen LogP contribution >= 0.6 is 0 Å². The molecule has 0 radical (unpaired) electrons. The Labute approximate surface area is 190 Å². The van der Waals surface area contributed by atoms with Gasteiger partial charge < -0.3 is 15.7 Å². The fourth-order valence-electron chi connectivity index (χ4n) is 3.67. The van der Waals surface area contributed by atoms with Gasteiger partial charge in [0.1, 0.15) is 5.70 Å². The molecule has 0 aromatic heterocycles. The third-order valence-corrected chi connectivity index (χ3v) is 5.25. The van der Waals surface area contributed by atoms with Crippen molar-refractivity contribution >= 4 is 45.4 Å². The summed E-state index contributed by atoms with van der Waals surface area (Å²) in [6.07, 6.45) is 1.43. The lowest BCUT2D eigenvalue weighted by molar-refractivity contribution is -0.136. The number of benzene rings is 4. The van der Waals surface area contributed by atoms with Crippen LogP contribution in [0.15, 0.2) is 90.6 Å². The summed E-state index contributed by atoms with van der Waals surface area (Å²) in [5, 5.41) is 18.1. The third kappa shape index (κ3) is 5.07. The van der Waals surface area contributed by atoms with Gasteiger partial charge in [0.15, 0.2) is 0 Å². The smallest absolute Gasteiger partial charge is 0.305 e. The average Bonchev–Trinajstić information content (AvgIpc) is 2.83. The van der Waals surface area contributed by atoms with E-state index in [0.29, 0.717) is 5.56 Å². The van der Waals surface area contributed by atoms with E-state index in [2.05, 4.69) is 16.7 Å². The maximum absolute atomic E-state index is 13.0. The number of hydrogen-bond acceptors (Lipinski definition) is 3. The minimum absolute atomic E-state index is 0.0377. The molecular weight excluding hydrogens is 416 g/mol. The average molecular weight is 438 g/mol. The number of carboxylic acids is 1. The van der Waals surface area contributed by atoms with Gasteiger partial charge >= 0.3 is 5.97 Å². The number of nitrogens with one attached hydrogen (secondary N) is 2. The van der Waals surface area contributed by atoms with Gasteiger partial charge in [-0.2, -0.15) is 0 Å². The van der Waals surface area contributed by atoms with Gasteiger partial charge in [0.05, 0.1) is 6.42 Å². The molecule has 0 aliphatic heterocycles. The highest BCUT2D eigenvalue weighted by Gasteiger charge is 2.16. The van der Waals surface area contributed by atoms with Crippen LogP contribution in [-0.2, 0) is 9.59 Å². The molecule has 0 aliphatic rings. The Kier molecular flexibility index (Phi) is 6.45. The highest BCUT2D eigenvalue weighted by atomic mass is 16.4. The normalized spacial score (nSPS) is 11.3. The van der Waals surface area contributed by atoms with E-state index in [9.17, 15) is 14.4 Å². The lowest BCUT2D eigenvalue weighted by Crippen LogP contribution is -2.35. The molecule has 3 N–H and O–H groups in total. The topological polar surface area (TPSA) is 95.5 Å². The minimum Gasteiger partial charge on any atom is -0.481 e. The number of fused-ring (bicyclic) bond motifs is 2. The van der Waals surface area contributed by atoms with Crippen LogP contribution in [0.5, 0.6) is 0 Å². The Morgan fingerprint density at radius 1 is 0.788 bits per heavy atom. The third-order valence-electron chi connectivity index (χ3n) is 5.25. The minimum atomic E-state index is -1.02. The Morgan fingerprint density at radius 2 is 1.36 bits per heavy atom. The summed E-state index contributed by atoms with van der Waals surface area (Å²) in [6, 6.07) is 26.3. The summed E-state index contributed by atoms with van der Waals surface area (Å²) in [5.41, 5.74) is 1.24. The van der Waals surface area contributed by atoms with Gasteiger partial charge in [-0.05, 0) is 51.4 Å². The van der Waals surface area contributed by atoms with Crippen molar-refractivity contribution in [1.29, 1.82) is 0 Å². The maximum Gasteiger partial charge on any atom is 0.305 e. The second-order valence-electron chi connectivity index (χ2n) is 7.51. The molecule has 4 aromatic rings. The molecule has 4 aromatic carbocycles. The van der Waals surface area contributed by atoms with Crippen molar-refractivity contribution in [3.8, 4) is 0 Å². The van der Waals surface area contributed by atoms with Crippen LogP contribution in [-0.4, -0.2) is 29.4 Å². The Bertz CT molecular complexity index is 1320. The van der Waals surface area contributed by atoms with Crippen LogP contribution < -0.4 is 10.6 Å². The van der Waals surface area contributed by atoms with Crippen LogP contribution in [0, 0.1) is 0 Å². The maximum atomic E-state index is 13.0. The number of rotatable bonds is 7. The lowest BCUT2D eigenvalue weighted by Gasteiger charge is -2.13. The van der Waals surface area contributed by atoms with Gasteiger partial charge in [0, 0.05) is 12.1 Å². The molecule has 4 rings (SSSR count). The Hall–Kier alpha value is -4.45. The lowest BCUT2D eigenvalue weighted by atomic mass is 9.96.